The van der Waals surface area contributed by atoms with Gasteiger partial charge in [-0.25, -0.2) is 0 Å². The average molecular weight is 304 g/mol. The van der Waals surface area contributed by atoms with Gasteiger partial charge in [0.2, 0.25) is 0 Å². The maximum atomic E-state index is 11.1. The molecule has 0 aromatic heterocycles. The third-order valence-corrected chi connectivity index (χ3v) is 2.32. The maximum absolute atomic E-state index is 11.1. The van der Waals surface area contributed by atoms with Crippen LogP contribution >= 0.6 is 51.0 Å². The Hall–Kier alpha value is -0.0300. The first kappa shape index (κ1) is 11.0. The van der Waals surface area contributed by atoms with Crippen LogP contribution in [0.3, 0.4) is 0 Å². The molecule has 13 heavy (non-hydrogen) atoms. The molecule has 0 N–H and O–H groups in total. The Morgan fingerprint density at radius 3 is 2.08 bits per heavy atom. The van der Waals surface area contributed by atoms with Gasteiger partial charge >= 0.3 is 0 Å². The van der Waals surface area contributed by atoms with Gasteiger partial charge in [0.25, 0.3) is 5.69 Å². The van der Waals surface area contributed by atoms with Gasteiger partial charge in [0.05, 0.1) is 4.14 Å². The SMILES string of the molecule is [O-]/[N+](=N\Br)c1c(Cl)cc(Cl)cc1Cl. The summed E-state index contributed by atoms with van der Waals surface area (Å²) in [6.07, 6.45) is 0. The van der Waals surface area contributed by atoms with E-state index in [2.05, 4.69) is 20.3 Å². The molecule has 0 bridgehead atoms. The fourth-order valence-electron chi connectivity index (χ4n) is 0.755. The summed E-state index contributed by atoms with van der Waals surface area (Å²) in [4.78, 5) is 0.265. The molecule has 0 aliphatic heterocycles. The third-order valence-electron chi connectivity index (χ3n) is 1.24. The highest BCUT2D eigenvalue weighted by atomic mass is 79.9. The molecule has 0 aliphatic rings. The summed E-state index contributed by atoms with van der Waals surface area (Å²) in [7, 11) is 0. The topological polar surface area (TPSA) is 38.4 Å². The van der Waals surface area contributed by atoms with E-state index < -0.39 is 0 Å². The highest BCUT2D eigenvalue weighted by Crippen LogP contribution is 2.35. The smallest absolute Gasteiger partial charge is 0.282 e. The van der Waals surface area contributed by atoms with Gasteiger partial charge in [0.15, 0.2) is 16.1 Å². The van der Waals surface area contributed by atoms with Gasteiger partial charge in [-0.1, -0.05) is 34.8 Å². The van der Waals surface area contributed by atoms with Crippen molar-refractivity contribution >= 4 is 56.6 Å². The Kier molecular flexibility index (Phi) is 3.79. The van der Waals surface area contributed by atoms with Crippen LogP contribution in [0.15, 0.2) is 16.3 Å². The van der Waals surface area contributed by atoms with Crippen LogP contribution in [0.5, 0.6) is 0 Å². The van der Waals surface area contributed by atoms with E-state index in [4.69, 9.17) is 34.8 Å². The molecule has 1 rings (SSSR count). The third kappa shape index (κ3) is 2.47. The van der Waals surface area contributed by atoms with Crippen molar-refractivity contribution in [3.8, 4) is 0 Å². The van der Waals surface area contributed by atoms with Crippen LogP contribution in [0.4, 0.5) is 5.69 Å². The lowest BCUT2D eigenvalue weighted by molar-refractivity contribution is -0.427. The van der Waals surface area contributed by atoms with Crippen LogP contribution in [-0.4, -0.2) is 4.86 Å². The predicted molar refractivity (Wildman–Crippen MR) is 56.1 cm³/mol. The Morgan fingerprint density at radius 1 is 1.23 bits per heavy atom. The first-order chi connectivity index (χ1) is 6.06. The molecule has 0 atom stereocenters. The van der Waals surface area contributed by atoms with Gasteiger partial charge in [0.1, 0.15) is 10.0 Å². The van der Waals surface area contributed by atoms with E-state index in [1.807, 2.05) is 0 Å². The zero-order chi connectivity index (χ0) is 10.0. The lowest BCUT2D eigenvalue weighted by Crippen LogP contribution is -1.91. The van der Waals surface area contributed by atoms with Crippen molar-refractivity contribution in [2.75, 3.05) is 0 Å². The zero-order valence-electron chi connectivity index (χ0n) is 5.97. The lowest BCUT2D eigenvalue weighted by Gasteiger charge is -2.02. The Balaban J connectivity index is 3.37. The molecule has 0 aliphatic carbocycles. The molecule has 0 unspecified atom stereocenters. The van der Waals surface area contributed by atoms with Crippen LogP contribution < -0.4 is 0 Å². The van der Waals surface area contributed by atoms with E-state index in [-0.39, 0.29) is 20.6 Å². The molecule has 0 spiro atoms. The molecule has 0 heterocycles. The summed E-state index contributed by atoms with van der Waals surface area (Å²) in [5.74, 6) is 0. The van der Waals surface area contributed by atoms with E-state index in [1.54, 1.807) is 0 Å². The van der Waals surface area contributed by atoms with Crippen molar-refractivity contribution in [3.63, 3.8) is 0 Å². The Morgan fingerprint density at radius 2 is 1.69 bits per heavy atom. The van der Waals surface area contributed by atoms with Gasteiger partial charge < -0.3 is 5.21 Å². The van der Waals surface area contributed by atoms with E-state index >= 15 is 0 Å². The van der Waals surface area contributed by atoms with Crippen molar-refractivity contribution in [1.29, 1.82) is 0 Å². The van der Waals surface area contributed by atoms with Crippen molar-refractivity contribution in [1.82, 2.24) is 0 Å². The number of rotatable bonds is 1. The summed E-state index contributed by atoms with van der Waals surface area (Å²) in [5.41, 5.74) is 0.0598. The molecule has 0 amide bonds. The molecule has 1 aromatic carbocycles. The highest BCUT2D eigenvalue weighted by Gasteiger charge is 2.16. The quantitative estimate of drug-likeness (QED) is 0.426. The molecular weight excluding hydrogens is 302 g/mol. The number of benzene rings is 1. The molecule has 0 saturated carbocycles. The lowest BCUT2D eigenvalue weighted by atomic mass is 10.3. The normalized spacial score (nSPS) is 11.8. The summed E-state index contributed by atoms with van der Waals surface area (Å²) in [5, 5.41) is 11.7. The minimum absolute atomic E-state index is 0.0598. The number of hydrogen-bond donors (Lipinski definition) is 0. The van der Waals surface area contributed by atoms with Crippen LogP contribution in [0, 0.1) is 5.21 Å². The Labute approximate surface area is 97.8 Å². The molecule has 0 saturated heterocycles. The second-order valence-electron chi connectivity index (χ2n) is 2.07. The van der Waals surface area contributed by atoms with E-state index in [0.717, 1.165) is 0 Å². The molecule has 7 heteroatoms. The first-order valence-corrected chi connectivity index (χ1v) is 4.84. The van der Waals surface area contributed by atoms with Crippen molar-refractivity contribution in [2.24, 2.45) is 4.14 Å². The highest BCUT2D eigenvalue weighted by molar-refractivity contribution is 9.08. The van der Waals surface area contributed by atoms with Gasteiger partial charge in [0, 0.05) is 5.02 Å². The minimum Gasteiger partial charge on any atom is -0.593 e. The summed E-state index contributed by atoms with van der Waals surface area (Å²) in [6.45, 7) is 0. The second kappa shape index (κ2) is 4.46. The Bertz CT molecular complexity index is 346. The van der Waals surface area contributed by atoms with Gasteiger partial charge in [-0.05, 0) is 17.0 Å². The van der Waals surface area contributed by atoms with Gasteiger partial charge in [-0.15, -0.1) is 0 Å². The number of nitrogens with zero attached hydrogens (tertiary/aromatic N) is 2. The molecule has 1 aromatic rings. The number of hydrogen-bond acceptors (Lipinski definition) is 2. The summed E-state index contributed by atoms with van der Waals surface area (Å²) < 4.78 is 3.19. The fourth-order valence-corrected chi connectivity index (χ4v) is 1.88. The average Bonchev–Trinajstić information content (AvgIpc) is 2.02. The van der Waals surface area contributed by atoms with Crippen LogP contribution in [-0.2, 0) is 0 Å². The zero-order valence-corrected chi connectivity index (χ0v) is 9.82. The molecule has 0 radical (unpaired) electrons. The summed E-state index contributed by atoms with van der Waals surface area (Å²) in [6, 6.07) is 2.82. The second-order valence-corrected chi connectivity index (χ2v) is 3.63. The van der Waals surface area contributed by atoms with Gasteiger partial charge in [-0.2, -0.15) is 0 Å². The van der Waals surface area contributed by atoms with Crippen LogP contribution in [0.1, 0.15) is 0 Å². The molecule has 0 fully saturated rings. The standard InChI is InChI=1S/C6H2BrCl3N2O/c7-11-12(13)6-4(9)1-3(8)2-5(6)10/h1-2H/b12-11-. The van der Waals surface area contributed by atoms with Crippen LogP contribution in [0.25, 0.3) is 0 Å². The minimum atomic E-state index is 0.0598. The molecule has 3 nitrogen and oxygen atoms in total. The van der Waals surface area contributed by atoms with Crippen LogP contribution in [0.2, 0.25) is 15.1 Å². The van der Waals surface area contributed by atoms with Crippen molar-refractivity contribution < 1.29 is 4.86 Å². The van der Waals surface area contributed by atoms with Crippen molar-refractivity contribution in [2.45, 2.75) is 0 Å². The maximum Gasteiger partial charge on any atom is 0.282 e. The largest absolute Gasteiger partial charge is 0.593 e. The van der Waals surface area contributed by atoms with Crippen molar-refractivity contribution in [3.05, 3.63) is 32.4 Å². The fraction of sp³-hybridized carbons (Fsp3) is 0. The summed E-state index contributed by atoms with van der Waals surface area (Å²) >= 11 is 19.7. The van der Waals surface area contributed by atoms with E-state index in [9.17, 15) is 5.21 Å². The monoisotopic (exact) mass is 302 g/mol. The van der Waals surface area contributed by atoms with E-state index in [0.29, 0.717) is 5.02 Å². The molecule has 70 valence electrons. The van der Waals surface area contributed by atoms with E-state index in [1.165, 1.54) is 12.1 Å². The molecular formula is C6H2BrCl3N2O. The predicted octanol–water partition coefficient (Wildman–Crippen LogP) is 4.55. The first-order valence-electron chi connectivity index (χ1n) is 3.00. The van der Waals surface area contributed by atoms with Gasteiger partial charge in [-0.3, -0.25) is 0 Å². The number of halogens is 4.